The number of anilines is 18. The third kappa shape index (κ3) is 8.87. The van der Waals surface area contributed by atoms with Gasteiger partial charge in [-0.1, -0.05) is 212 Å². The maximum atomic E-state index is 2.65. The van der Waals surface area contributed by atoms with Crippen molar-refractivity contribution in [3.8, 4) is 5.69 Å². The quantitative estimate of drug-likeness (QED) is 0.120. The Morgan fingerprint density at radius 1 is 0.192 bits per heavy atom. The Kier molecular flexibility index (Phi) is 13.0. The number of nitrogens with zero attached hydrogens (tertiary/aromatic N) is 7. The van der Waals surface area contributed by atoms with E-state index < -0.39 is 0 Å². The molecule has 0 fully saturated rings. The second-order valence-corrected chi connectivity index (χ2v) is 26.0. The lowest BCUT2D eigenvalue weighted by atomic mass is 9.30. The van der Waals surface area contributed by atoms with E-state index in [1.165, 1.54) is 43.5 Å². The van der Waals surface area contributed by atoms with Crippen molar-refractivity contribution in [1.82, 2.24) is 4.57 Å². The van der Waals surface area contributed by atoms with E-state index in [1.807, 2.05) is 0 Å². The maximum Gasteiger partial charge on any atom is 0.252 e. The lowest BCUT2D eigenvalue weighted by molar-refractivity contribution is 1.18. The molecule has 4 aliphatic heterocycles. The lowest BCUT2D eigenvalue weighted by Crippen LogP contribution is -2.65. The highest BCUT2D eigenvalue weighted by Gasteiger charge is 2.49. The van der Waals surface area contributed by atoms with Crippen LogP contribution in [0.1, 0.15) is 0 Å². The standard InChI is InChI=1S/C90H61B2N7/c1-10-32-62(33-11-1)93(63-34-12-2-13-35-63)71-54-85-89-86(55-71)98(69-46-24-8-25-47-69)83-61-84-78(59-77(83)91(89)75-51-29-31-53-80(75)96(85)67-42-20-6-21-43-67)92-76-58-74-73-50-28-30-52-79(73)95(66-40-18-5-19-41-66)81(74)60-82(76)97(68-44-22-7-23-45-68)87-56-72(57-88(90(87)92)99(84)70-48-26-9-27-49-70)94(64-36-14-3-15-37-64)65-38-16-4-17-39-65/h1-61H. The van der Waals surface area contributed by atoms with Crippen LogP contribution >= 0.6 is 0 Å². The Balaban J connectivity index is 0.937. The van der Waals surface area contributed by atoms with Crippen LogP contribution in [0.25, 0.3) is 27.5 Å². The van der Waals surface area contributed by atoms with Crippen molar-refractivity contribution in [2.24, 2.45) is 0 Å². The normalized spacial score (nSPS) is 12.9. The third-order valence-corrected chi connectivity index (χ3v) is 20.6. The number of rotatable bonds is 11. The molecule has 0 aliphatic carbocycles. The summed E-state index contributed by atoms with van der Waals surface area (Å²) in [5.41, 5.74) is 30.5. The summed E-state index contributed by atoms with van der Waals surface area (Å²) in [4.78, 5) is 15.1. The number of benzene rings is 15. The van der Waals surface area contributed by atoms with Crippen LogP contribution in [-0.4, -0.2) is 18.0 Å². The molecule has 7 nitrogen and oxygen atoms in total. The van der Waals surface area contributed by atoms with Gasteiger partial charge in [0.1, 0.15) is 0 Å². The minimum Gasteiger partial charge on any atom is -0.311 e. The first-order valence-corrected chi connectivity index (χ1v) is 34.1. The van der Waals surface area contributed by atoms with E-state index in [1.54, 1.807) is 0 Å². The van der Waals surface area contributed by atoms with Gasteiger partial charge in [-0.3, -0.25) is 0 Å². The smallest absolute Gasteiger partial charge is 0.252 e. The van der Waals surface area contributed by atoms with E-state index in [0.29, 0.717) is 0 Å². The molecule has 0 saturated carbocycles. The second-order valence-electron chi connectivity index (χ2n) is 26.0. The first-order valence-electron chi connectivity index (χ1n) is 34.1. The van der Waals surface area contributed by atoms with Gasteiger partial charge in [0.25, 0.3) is 13.4 Å². The molecule has 15 aromatic carbocycles. The minimum atomic E-state index is -0.261. The summed E-state index contributed by atoms with van der Waals surface area (Å²) in [6, 6.07) is 137. The monoisotopic (exact) mass is 1260 g/mol. The zero-order valence-corrected chi connectivity index (χ0v) is 54.0. The Morgan fingerprint density at radius 2 is 0.505 bits per heavy atom. The second kappa shape index (κ2) is 22.9. The summed E-state index contributed by atoms with van der Waals surface area (Å²) in [6.45, 7) is -0.459. The van der Waals surface area contributed by atoms with E-state index in [4.69, 9.17) is 0 Å². The van der Waals surface area contributed by atoms with Crippen molar-refractivity contribution < 1.29 is 0 Å². The summed E-state index contributed by atoms with van der Waals surface area (Å²) < 4.78 is 2.47. The first kappa shape index (κ1) is 56.4. The SMILES string of the molecule is c1ccc(N(c2ccccc2)c2cc3c4c(c2)N(c2ccccc2)c2cc5c(cc2B4c2ccccc2N3c2ccccc2)B2c3cc4c6ccccc6n(-c6ccccc6)c4cc3N(c3ccccc3)c3cc(N(c4ccccc4)c4ccccc4)cc(c32)N5c2ccccc2)cc1. The van der Waals surface area contributed by atoms with E-state index in [0.717, 1.165) is 119 Å². The predicted octanol–water partition coefficient (Wildman–Crippen LogP) is 19.9. The van der Waals surface area contributed by atoms with E-state index >= 15 is 0 Å². The highest BCUT2D eigenvalue weighted by molar-refractivity contribution is 7.03. The van der Waals surface area contributed by atoms with Gasteiger partial charge in [-0.15, -0.1) is 0 Å². The zero-order chi connectivity index (χ0) is 65.1. The molecular weight excluding hydrogens is 1200 g/mol. The average Bonchev–Trinajstić information content (AvgIpc) is 1.03. The van der Waals surface area contributed by atoms with Crippen molar-refractivity contribution >= 4 is 170 Å². The van der Waals surface area contributed by atoms with Crippen LogP contribution < -0.4 is 62.2 Å². The van der Waals surface area contributed by atoms with Crippen LogP contribution in [0.4, 0.5) is 102 Å². The average molecular weight is 1260 g/mol. The molecule has 16 aromatic rings. The maximum absolute atomic E-state index is 2.65. The molecule has 1 aromatic heterocycles. The Labute approximate surface area is 576 Å². The molecule has 4 aliphatic rings. The molecule has 0 N–H and O–H groups in total. The molecule has 0 bridgehead atoms. The fourth-order valence-electron chi connectivity index (χ4n) is 16.6. The van der Waals surface area contributed by atoms with Crippen LogP contribution in [0.5, 0.6) is 0 Å². The van der Waals surface area contributed by atoms with Crippen molar-refractivity contribution in [2.45, 2.75) is 0 Å². The van der Waals surface area contributed by atoms with Gasteiger partial charge in [0, 0.05) is 107 Å². The Bertz CT molecular complexity index is 5690. The fourth-order valence-corrected chi connectivity index (χ4v) is 16.6. The Hall–Kier alpha value is -13.0. The first-order chi connectivity index (χ1) is 49.2. The lowest BCUT2D eigenvalue weighted by Gasteiger charge is -2.48. The van der Waals surface area contributed by atoms with Crippen LogP contribution in [0.15, 0.2) is 370 Å². The van der Waals surface area contributed by atoms with Gasteiger partial charge in [-0.2, -0.15) is 0 Å². The number of aromatic nitrogens is 1. The molecule has 0 amide bonds. The summed E-state index contributed by atoms with van der Waals surface area (Å²) in [6.07, 6.45) is 0. The van der Waals surface area contributed by atoms with Crippen molar-refractivity contribution in [1.29, 1.82) is 0 Å². The number of hydrogen-bond acceptors (Lipinski definition) is 6. The molecule has 0 radical (unpaired) electrons. The van der Waals surface area contributed by atoms with Gasteiger partial charge >= 0.3 is 0 Å². The predicted molar refractivity (Wildman–Crippen MR) is 418 cm³/mol. The van der Waals surface area contributed by atoms with E-state index in [2.05, 4.69) is 404 Å². The third-order valence-electron chi connectivity index (χ3n) is 20.6. The highest BCUT2D eigenvalue weighted by Crippen LogP contribution is 2.53. The summed E-state index contributed by atoms with van der Waals surface area (Å²) in [7, 11) is 0. The molecule has 0 unspecified atom stereocenters. The summed E-state index contributed by atoms with van der Waals surface area (Å²) in [5, 5.41) is 2.42. The highest BCUT2D eigenvalue weighted by atomic mass is 15.2. The van der Waals surface area contributed by atoms with Gasteiger partial charge in [0.2, 0.25) is 0 Å². The number of fused-ring (bicyclic) bond motifs is 11. The fraction of sp³-hybridized carbons (Fsp3) is 0. The van der Waals surface area contributed by atoms with Gasteiger partial charge in [-0.25, -0.2) is 0 Å². The summed E-state index contributed by atoms with van der Waals surface area (Å²) >= 11 is 0. The van der Waals surface area contributed by atoms with Gasteiger partial charge < -0.3 is 34.0 Å². The molecule has 0 atom stereocenters. The van der Waals surface area contributed by atoms with Crippen LogP contribution in [0.2, 0.25) is 0 Å². The van der Waals surface area contributed by atoms with Gasteiger partial charge in [0.15, 0.2) is 0 Å². The molecule has 99 heavy (non-hydrogen) atoms. The number of hydrogen-bond donors (Lipinski definition) is 0. The largest absolute Gasteiger partial charge is 0.311 e. The minimum absolute atomic E-state index is 0.198. The molecule has 9 heteroatoms. The summed E-state index contributed by atoms with van der Waals surface area (Å²) in [5.74, 6) is 0. The molecule has 0 saturated heterocycles. The number of para-hydroxylation sites is 11. The van der Waals surface area contributed by atoms with Crippen molar-refractivity contribution in [2.75, 3.05) is 29.4 Å². The van der Waals surface area contributed by atoms with Crippen molar-refractivity contribution in [3.05, 3.63) is 370 Å². The molecule has 0 spiro atoms. The Morgan fingerprint density at radius 3 is 0.919 bits per heavy atom. The van der Waals surface area contributed by atoms with Crippen LogP contribution in [0.3, 0.4) is 0 Å². The molecule has 20 rings (SSSR count). The van der Waals surface area contributed by atoms with Gasteiger partial charge in [0.05, 0.1) is 22.4 Å². The molecular formula is C90H61B2N7. The van der Waals surface area contributed by atoms with Crippen molar-refractivity contribution in [3.63, 3.8) is 0 Å². The zero-order valence-electron chi connectivity index (χ0n) is 54.0. The van der Waals surface area contributed by atoms with Crippen LogP contribution in [0, 0.1) is 0 Å². The molecule has 462 valence electrons. The van der Waals surface area contributed by atoms with E-state index in [-0.39, 0.29) is 13.4 Å². The van der Waals surface area contributed by atoms with E-state index in [9.17, 15) is 0 Å². The topological polar surface area (TPSA) is 24.4 Å². The molecule has 5 heterocycles. The van der Waals surface area contributed by atoms with Crippen LogP contribution in [-0.2, 0) is 0 Å². The van der Waals surface area contributed by atoms with Gasteiger partial charge in [-0.05, 0) is 191 Å².